The van der Waals surface area contributed by atoms with Gasteiger partial charge in [-0.3, -0.25) is 9.88 Å². The van der Waals surface area contributed by atoms with Crippen molar-refractivity contribution >= 4 is 10.9 Å². The molecule has 1 fully saturated rings. The van der Waals surface area contributed by atoms with Gasteiger partial charge >= 0.3 is 0 Å². The molecule has 19 heavy (non-hydrogen) atoms. The summed E-state index contributed by atoms with van der Waals surface area (Å²) in [5, 5.41) is 4.78. The second-order valence-electron chi connectivity index (χ2n) is 5.53. The van der Waals surface area contributed by atoms with E-state index in [1.165, 1.54) is 10.9 Å². The minimum atomic E-state index is 0.586. The summed E-state index contributed by atoms with van der Waals surface area (Å²) < 4.78 is 0. The zero-order chi connectivity index (χ0) is 13.2. The first kappa shape index (κ1) is 12.6. The van der Waals surface area contributed by atoms with Crippen LogP contribution in [0.15, 0.2) is 30.3 Å². The van der Waals surface area contributed by atoms with E-state index in [1.807, 2.05) is 0 Å². The monoisotopic (exact) mass is 255 g/mol. The molecular weight excluding hydrogens is 234 g/mol. The number of nitrogens with one attached hydrogen (secondary N) is 1. The fourth-order valence-electron chi connectivity index (χ4n) is 2.92. The third kappa shape index (κ3) is 2.77. The number of aromatic nitrogens is 1. The molecule has 1 aromatic heterocycles. The van der Waals surface area contributed by atoms with Crippen LogP contribution in [0.2, 0.25) is 0 Å². The van der Waals surface area contributed by atoms with Crippen LogP contribution in [-0.2, 0) is 6.54 Å². The molecule has 1 aliphatic rings. The molecule has 0 bridgehead atoms. The minimum absolute atomic E-state index is 0.586. The number of aryl methyl sites for hydroxylation is 1. The van der Waals surface area contributed by atoms with Crippen LogP contribution in [0.3, 0.4) is 0 Å². The lowest BCUT2D eigenvalue weighted by atomic mass is 10.1. The molecule has 0 aliphatic carbocycles. The van der Waals surface area contributed by atoms with E-state index in [0.29, 0.717) is 6.04 Å². The van der Waals surface area contributed by atoms with Gasteiger partial charge in [-0.2, -0.15) is 0 Å². The summed E-state index contributed by atoms with van der Waals surface area (Å²) in [6.45, 7) is 8.69. The number of rotatable bonds is 2. The van der Waals surface area contributed by atoms with E-state index in [0.717, 1.165) is 37.4 Å². The summed E-state index contributed by atoms with van der Waals surface area (Å²) in [4.78, 5) is 7.14. The fourth-order valence-corrected chi connectivity index (χ4v) is 2.92. The van der Waals surface area contributed by atoms with Crippen LogP contribution in [0.1, 0.15) is 18.2 Å². The predicted molar refractivity (Wildman–Crippen MR) is 79.2 cm³/mol. The third-order valence-corrected chi connectivity index (χ3v) is 3.78. The van der Waals surface area contributed by atoms with Gasteiger partial charge in [-0.05, 0) is 31.5 Å². The van der Waals surface area contributed by atoms with Crippen molar-refractivity contribution < 1.29 is 0 Å². The Morgan fingerprint density at radius 2 is 2.21 bits per heavy atom. The number of hydrogen-bond donors (Lipinski definition) is 1. The summed E-state index contributed by atoms with van der Waals surface area (Å²) in [5.74, 6) is 0. The maximum absolute atomic E-state index is 4.61. The van der Waals surface area contributed by atoms with E-state index in [9.17, 15) is 0 Å². The molecule has 0 amide bonds. The number of hydrogen-bond acceptors (Lipinski definition) is 3. The second kappa shape index (κ2) is 5.27. The van der Waals surface area contributed by atoms with Gasteiger partial charge in [0, 0.05) is 43.3 Å². The molecule has 0 radical (unpaired) electrons. The number of benzene rings is 1. The number of nitrogens with zero attached hydrogens (tertiary/aromatic N) is 2. The maximum atomic E-state index is 4.61. The molecule has 100 valence electrons. The highest BCUT2D eigenvalue weighted by molar-refractivity contribution is 5.82. The normalized spacial score (nSPS) is 20.8. The Morgan fingerprint density at radius 1 is 1.37 bits per heavy atom. The Kier molecular flexibility index (Phi) is 3.49. The summed E-state index contributed by atoms with van der Waals surface area (Å²) in [5.41, 5.74) is 3.62. The van der Waals surface area contributed by atoms with Crippen molar-refractivity contribution in [3.63, 3.8) is 0 Å². The molecule has 3 rings (SSSR count). The van der Waals surface area contributed by atoms with Crippen molar-refractivity contribution in [3.05, 3.63) is 41.6 Å². The van der Waals surface area contributed by atoms with Gasteiger partial charge in [-0.1, -0.05) is 18.2 Å². The Hall–Kier alpha value is -1.45. The second-order valence-corrected chi connectivity index (χ2v) is 5.53. The van der Waals surface area contributed by atoms with Crippen molar-refractivity contribution in [3.8, 4) is 0 Å². The van der Waals surface area contributed by atoms with E-state index in [1.54, 1.807) is 0 Å². The van der Waals surface area contributed by atoms with E-state index < -0.39 is 0 Å². The molecule has 3 nitrogen and oxygen atoms in total. The quantitative estimate of drug-likeness (QED) is 0.892. The standard InChI is InChI=1S/C16H21N3/c1-12-9-14(11-19-8-7-17-13(2)10-19)15-5-3-4-6-16(15)18-12/h3-6,9,13,17H,7-8,10-11H2,1-2H3/t13-/m0/s1. The Labute approximate surface area is 114 Å². The SMILES string of the molecule is Cc1cc(CN2CCN[C@@H](C)C2)c2ccccc2n1. The largest absolute Gasteiger partial charge is 0.312 e. The van der Waals surface area contributed by atoms with E-state index in [2.05, 4.69) is 59.4 Å². The summed E-state index contributed by atoms with van der Waals surface area (Å²) in [6, 6.07) is 11.3. The zero-order valence-electron chi connectivity index (χ0n) is 11.7. The molecule has 2 heterocycles. The molecule has 0 saturated carbocycles. The molecule has 0 unspecified atom stereocenters. The first-order chi connectivity index (χ1) is 9.22. The Bertz CT molecular complexity index is 579. The highest BCUT2D eigenvalue weighted by atomic mass is 15.2. The van der Waals surface area contributed by atoms with Gasteiger partial charge in [0.05, 0.1) is 5.52 Å². The first-order valence-corrected chi connectivity index (χ1v) is 7.03. The molecule has 2 aromatic rings. The third-order valence-electron chi connectivity index (χ3n) is 3.78. The number of piperazine rings is 1. The van der Waals surface area contributed by atoms with Gasteiger partial charge in [-0.25, -0.2) is 0 Å². The van der Waals surface area contributed by atoms with Gasteiger partial charge < -0.3 is 5.32 Å². The van der Waals surface area contributed by atoms with Crippen LogP contribution < -0.4 is 5.32 Å². The van der Waals surface area contributed by atoms with Crippen LogP contribution >= 0.6 is 0 Å². The van der Waals surface area contributed by atoms with Crippen LogP contribution in [0.25, 0.3) is 10.9 Å². The Morgan fingerprint density at radius 3 is 3.05 bits per heavy atom. The Balaban J connectivity index is 1.91. The van der Waals surface area contributed by atoms with Crippen LogP contribution in [0, 0.1) is 6.92 Å². The fraction of sp³-hybridized carbons (Fsp3) is 0.438. The molecule has 1 aliphatic heterocycles. The van der Waals surface area contributed by atoms with Crippen molar-refractivity contribution in [1.82, 2.24) is 15.2 Å². The summed E-state index contributed by atoms with van der Waals surface area (Å²) in [6.07, 6.45) is 0. The molecule has 1 aromatic carbocycles. The molecule has 0 spiro atoms. The van der Waals surface area contributed by atoms with Crippen molar-refractivity contribution in [2.45, 2.75) is 26.4 Å². The van der Waals surface area contributed by atoms with Crippen LogP contribution in [-0.4, -0.2) is 35.6 Å². The number of para-hydroxylation sites is 1. The predicted octanol–water partition coefficient (Wildman–Crippen LogP) is 2.34. The average Bonchev–Trinajstić information content (AvgIpc) is 2.38. The summed E-state index contributed by atoms with van der Waals surface area (Å²) in [7, 11) is 0. The van der Waals surface area contributed by atoms with Crippen LogP contribution in [0.4, 0.5) is 0 Å². The zero-order valence-corrected chi connectivity index (χ0v) is 11.7. The number of fused-ring (bicyclic) bond motifs is 1. The average molecular weight is 255 g/mol. The van der Waals surface area contributed by atoms with E-state index >= 15 is 0 Å². The van der Waals surface area contributed by atoms with Gasteiger partial charge in [-0.15, -0.1) is 0 Å². The lowest BCUT2D eigenvalue weighted by Crippen LogP contribution is -2.48. The lowest BCUT2D eigenvalue weighted by Gasteiger charge is -2.32. The van der Waals surface area contributed by atoms with Crippen molar-refractivity contribution in [2.24, 2.45) is 0 Å². The van der Waals surface area contributed by atoms with Gasteiger partial charge in [0.15, 0.2) is 0 Å². The van der Waals surface area contributed by atoms with E-state index in [4.69, 9.17) is 0 Å². The molecule has 1 atom stereocenters. The highest BCUT2D eigenvalue weighted by Gasteiger charge is 2.16. The van der Waals surface area contributed by atoms with Crippen molar-refractivity contribution in [1.29, 1.82) is 0 Å². The van der Waals surface area contributed by atoms with Gasteiger partial charge in [0.25, 0.3) is 0 Å². The smallest absolute Gasteiger partial charge is 0.0708 e. The maximum Gasteiger partial charge on any atom is 0.0708 e. The molecule has 1 saturated heterocycles. The molecule has 1 N–H and O–H groups in total. The first-order valence-electron chi connectivity index (χ1n) is 7.03. The lowest BCUT2D eigenvalue weighted by molar-refractivity contribution is 0.200. The minimum Gasteiger partial charge on any atom is -0.312 e. The van der Waals surface area contributed by atoms with Crippen molar-refractivity contribution in [2.75, 3.05) is 19.6 Å². The van der Waals surface area contributed by atoms with Gasteiger partial charge in [0.2, 0.25) is 0 Å². The van der Waals surface area contributed by atoms with Crippen LogP contribution in [0.5, 0.6) is 0 Å². The van der Waals surface area contributed by atoms with Gasteiger partial charge in [0.1, 0.15) is 0 Å². The topological polar surface area (TPSA) is 28.2 Å². The number of pyridine rings is 1. The molecule has 3 heteroatoms. The van der Waals surface area contributed by atoms with E-state index in [-0.39, 0.29) is 0 Å². The summed E-state index contributed by atoms with van der Waals surface area (Å²) >= 11 is 0. The highest BCUT2D eigenvalue weighted by Crippen LogP contribution is 2.20. The molecular formula is C16H21N3.